The van der Waals surface area contributed by atoms with Crippen molar-refractivity contribution in [1.29, 1.82) is 0 Å². The number of nitrogens with zero attached hydrogens (tertiary/aromatic N) is 1. The van der Waals surface area contributed by atoms with E-state index < -0.39 is 51.2 Å². The third-order valence-corrected chi connectivity index (χ3v) is 12.8. The quantitative estimate of drug-likeness (QED) is 0.0591. The van der Waals surface area contributed by atoms with Crippen LogP contribution in [-0.4, -0.2) is 99.3 Å². The first-order valence-electron chi connectivity index (χ1n) is 19.2. The maximum atomic E-state index is 13.4. The molecule has 0 aliphatic carbocycles. The van der Waals surface area contributed by atoms with E-state index in [1.165, 1.54) is 24.3 Å². The second-order valence-corrected chi connectivity index (χ2v) is 17.3. The van der Waals surface area contributed by atoms with Gasteiger partial charge in [-0.15, -0.1) is 0 Å². The lowest BCUT2D eigenvalue weighted by atomic mass is 10.0. The van der Waals surface area contributed by atoms with Gasteiger partial charge in [-0.2, -0.15) is 0 Å². The first kappa shape index (κ1) is 43.2. The van der Waals surface area contributed by atoms with Crippen LogP contribution in [0.3, 0.4) is 0 Å². The van der Waals surface area contributed by atoms with E-state index in [2.05, 4.69) is 26.3 Å². The summed E-state index contributed by atoms with van der Waals surface area (Å²) in [7, 11) is -3.90. The number of carbonyl (C=O) groups is 6. The topological polar surface area (TPSA) is 222 Å². The van der Waals surface area contributed by atoms with E-state index in [1.54, 1.807) is 50.3 Å². The van der Waals surface area contributed by atoms with Gasteiger partial charge in [0.05, 0.1) is 59.3 Å². The molecule has 7 rings (SSSR count). The van der Waals surface area contributed by atoms with Gasteiger partial charge in [-0.25, -0.2) is 8.42 Å². The highest BCUT2D eigenvalue weighted by molar-refractivity contribution is 7.90. The molecule has 3 aliphatic rings. The molecule has 3 aliphatic heterocycles. The number of hydrogen-bond donors (Lipinski definition) is 5. The van der Waals surface area contributed by atoms with Crippen molar-refractivity contribution in [2.75, 3.05) is 50.2 Å². The van der Waals surface area contributed by atoms with Crippen molar-refractivity contribution < 1.29 is 46.7 Å². The number of amides is 6. The summed E-state index contributed by atoms with van der Waals surface area (Å²) in [6.07, 6.45) is 1.71. The summed E-state index contributed by atoms with van der Waals surface area (Å²) in [5.74, 6) is -3.46. The van der Waals surface area contributed by atoms with Gasteiger partial charge < -0.3 is 30.4 Å². The van der Waals surface area contributed by atoms with Crippen LogP contribution in [0.4, 0.5) is 11.4 Å². The molecule has 4 heterocycles. The number of anilines is 2. The Balaban J connectivity index is 0.852. The predicted molar refractivity (Wildman–Crippen MR) is 226 cm³/mol. The molecule has 318 valence electrons. The van der Waals surface area contributed by atoms with Crippen LogP contribution in [0.25, 0.3) is 11.6 Å². The van der Waals surface area contributed by atoms with E-state index in [0.717, 1.165) is 4.90 Å². The lowest BCUT2D eigenvalue weighted by molar-refractivity contribution is -0.136. The minimum absolute atomic E-state index is 0.00960. The zero-order valence-electron chi connectivity index (χ0n) is 32.9. The summed E-state index contributed by atoms with van der Waals surface area (Å²) >= 11 is 12.5. The predicted octanol–water partition coefficient (Wildman–Crippen LogP) is 4.68. The van der Waals surface area contributed by atoms with E-state index in [-0.39, 0.29) is 82.3 Å². The third kappa shape index (κ3) is 9.11. The number of piperidine rings is 1. The number of aryl methyl sites for hydroxylation is 1. The van der Waals surface area contributed by atoms with Crippen LogP contribution in [-0.2, 0) is 39.4 Å². The first-order chi connectivity index (χ1) is 29.1. The molecule has 4 aromatic rings. The van der Waals surface area contributed by atoms with Crippen molar-refractivity contribution in [3.63, 3.8) is 0 Å². The molecule has 1 aromatic heterocycles. The van der Waals surface area contributed by atoms with Crippen LogP contribution in [0.1, 0.15) is 72.0 Å². The van der Waals surface area contributed by atoms with Crippen LogP contribution in [0.15, 0.2) is 59.5 Å². The number of benzene rings is 3. The third-order valence-electron chi connectivity index (χ3n) is 10.4. The summed E-state index contributed by atoms with van der Waals surface area (Å²) in [5, 5.41) is 11.4. The molecule has 3 aromatic carbocycles. The highest BCUT2D eigenvalue weighted by Crippen LogP contribution is 2.37. The molecular weight excluding hydrogens is 851 g/mol. The van der Waals surface area contributed by atoms with E-state index >= 15 is 0 Å². The van der Waals surface area contributed by atoms with Crippen molar-refractivity contribution in [2.45, 2.75) is 43.4 Å². The van der Waals surface area contributed by atoms with Crippen LogP contribution < -0.4 is 21.3 Å². The average Bonchev–Trinajstić information content (AvgIpc) is 3.78. The number of ether oxygens (including phenoxy) is 2. The molecular formula is C42H40Cl2N6O10S. The molecule has 1 saturated heterocycles. The Morgan fingerprint density at radius 3 is 2.30 bits per heavy atom. The Kier molecular flexibility index (Phi) is 12.8. The number of carbonyl (C=O) groups excluding carboxylic acids is 6. The maximum Gasteiger partial charge on any atom is 0.262 e. The molecule has 0 radical (unpaired) electrons. The number of imide groups is 2. The lowest BCUT2D eigenvalue weighted by Crippen LogP contribution is -2.54. The van der Waals surface area contributed by atoms with Gasteiger partial charge in [0.15, 0.2) is 9.84 Å². The summed E-state index contributed by atoms with van der Waals surface area (Å²) in [5.41, 5.74) is 4.38. The second-order valence-electron chi connectivity index (χ2n) is 14.5. The number of H-pyrrole nitrogens is 1. The standard InChI is InChI=1S/C42H40Cl2N6O10S/c1-22-34(20-28-27-19-25(7-9-33(27)48-38(28)52)61(57,58)21-30-31(43)4-3-5-32(30)44)47-23(2)37(22)40(54)46-13-15-60-17-16-59-14-12-45-24-6-8-26-29(18-24)42(56)50(41(26)55)35-10-11-36(51)49-39(35)53/h3-9,18-20,35,45,47H,10-17,21H2,1-2H3,(H,46,54)(H,48,52)(H,49,51,53). The van der Waals surface area contributed by atoms with Gasteiger partial charge in [0.1, 0.15) is 6.04 Å². The number of halogens is 2. The van der Waals surface area contributed by atoms with E-state index in [0.29, 0.717) is 52.6 Å². The minimum atomic E-state index is -3.90. The number of sulfone groups is 1. The SMILES string of the molecule is Cc1[nH]c(C=C2C(=O)Nc3ccc(S(=O)(=O)Cc4c(Cl)cccc4Cl)cc32)c(C)c1C(=O)NCCOCCOCCNc1ccc2c(c1)C(=O)N(C1CCC(=O)NC1=O)C2=O. The fourth-order valence-electron chi connectivity index (χ4n) is 7.35. The molecule has 6 amide bonds. The Labute approximate surface area is 360 Å². The van der Waals surface area contributed by atoms with Gasteiger partial charge >= 0.3 is 0 Å². The molecule has 1 atom stereocenters. The molecule has 1 fully saturated rings. The second kappa shape index (κ2) is 18.0. The molecule has 1 unspecified atom stereocenters. The van der Waals surface area contributed by atoms with Crippen LogP contribution >= 0.6 is 23.2 Å². The van der Waals surface area contributed by atoms with Gasteiger partial charge in [0.2, 0.25) is 11.8 Å². The summed E-state index contributed by atoms with van der Waals surface area (Å²) in [6.45, 7) is 5.17. The van der Waals surface area contributed by atoms with Crippen molar-refractivity contribution >= 4 is 91.5 Å². The summed E-state index contributed by atoms with van der Waals surface area (Å²) in [6, 6.07) is 12.8. The molecule has 19 heteroatoms. The van der Waals surface area contributed by atoms with Gasteiger partial charge in [-0.1, -0.05) is 29.3 Å². The number of nitrogens with one attached hydrogen (secondary N) is 5. The Morgan fingerprint density at radius 1 is 0.869 bits per heavy atom. The molecule has 0 bridgehead atoms. The maximum absolute atomic E-state index is 13.4. The largest absolute Gasteiger partial charge is 0.383 e. The summed E-state index contributed by atoms with van der Waals surface area (Å²) < 4.78 is 38.1. The number of hydrogen-bond acceptors (Lipinski definition) is 11. The summed E-state index contributed by atoms with van der Waals surface area (Å²) in [4.78, 5) is 80.1. The van der Waals surface area contributed by atoms with Crippen LogP contribution in [0, 0.1) is 13.8 Å². The van der Waals surface area contributed by atoms with Gasteiger partial charge in [0, 0.05) is 63.4 Å². The van der Waals surface area contributed by atoms with E-state index in [1.807, 2.05) is 0 Å². The molecule has 0 spiro atoms. The lowest BCUT2D eigenvalue weighted by Gasteiger charge is -2.27. The van der Waals surface area contributed by atoms with Crippen LogP contribution in [0.5, 0.6) is 0 Å². The first-order valence-corrected chi connectivity index (χ1v) is 21.6. The van der Waals surface area contributed by atoms with Crippen molar-refractivity contribution in [1.82, 2.24) is 20.5 Å². The fourth-order valence-corrected chi connectivity index (χ4v) is 9.47. The number of fused-ring (bicyclic) bond motifs is 2. The molecule has 61 heavy (non-hydrogen) atoms. The molecule has 0 saturated carbocycles. The zero-order chi connectivity index (χ0) is 43.6. The van der Waals surface area contributed by atoms with Crippen LogP contribution in [0.2, 0.25) is 10.0 Å². The fraction of sp³-hybridized carbons (Fsp3) is 0.286. The molecule has 5 N–H and O–H groups in total. The Morgan fingerprint density at radius 2 is 1.57 bits per heavy atom. The monoisotopic (exact) mass is 890 g/mol. The van der Waals surface area contributed by atoms with Gasteiger partial charge in [-0.3, -0.25) is 39.0 Å². The zero-order valence-corrected chi connectivity index (χ0v) is 35.2. The van der Waals surface area contributed by atoms with Crippen molar-refractivity contribution in [3.05, 3.63) is 109 Å². The average molecular weight is 892 g/mol. The van der Waals surface area contributed by atoms with Gasteiger partial charge in [0.25, 0.3) is 23.6 Å². The number of rotatable bonds is 16. The van der Waals surface area contributed by atoms with E-state index in [9.17, 15) is 37.2 Å². The molecule has 16 nitrogen and oxygen atoms in total. The van der Waals surface area contributed by atoms with Gasteiger partial charge in [-0.05, 0) is 80.4 Å². The van der Waals surface area contributed by atoms with E-state index in [4.69, 9.17) is 32.7 Å². The Hall–Kier alpha value is -5.85. The van der Waals surface area contributed by atoms with Crippen molar-refractivity contribution in [2.24, 2.45) is 0 Å². The Bertz CT molecular complexity index is 2620. The number of aromatic nitrogens is 1. The highest BCUT2D eigenvalue weighted by Gasteiger charge is 2.44. The normalized spacial score (nSPS) is 16.8. The van der Waals surface area contributed by atoms with Crippen molar-refractivity contribution in [3.8, 4) is 0 Å². The minimum Gasteiger partial charge on any atom is -0.383 e. The highest BCUT2D eigenvalue weighted by atomic mass is 35.5. The number of aromatic amines is 1. The smallest absolute Gasteiger partial charge is 0.262 e.